The van der Waals surface area contributed by atoms with Gasteiger partial charge in [0.25, 0.3) is 0 Å². The summed E-state index contributed by atoms with van der Waals surface area (Å²) in [5.41, 5.74) is 6.43. The molecular formula is C14H17ClN4O3. The van der Waals surface area contributed by atoms with Gasteiger partial charge in [0, 0.05) is 18.2 Å². The lowest BCUT2D eigenvalue weighted by molar-refractivity contribution is 0.322. The molecular weight excluding hydrogens is 308 g/mol. The first-order valence-electron chi connectivity index (χ1n) is 6.40. The monoisotopic (exact) mass is 324 g/mol. The third-order valence-corrected chi connectivity index (χ3v) is 3.15. The Bertz CT molecular complexity index is 647. The first-order chi connectivity index (χ1) is 10.6. The highest BCUT2D eigenvalue weighted by Crippen LogP contribution is 2.39. The summed E-state index contributed by atoms with van der Waals surface area (Å²) in [7, 11) is 4.70. The second-order valence-corrected chi connectivity index (χ2v) is 4.67. The van der Waals surface area contributed by atoms with E-state index < -0.39 is 0 Å². The minimum Gasteiger partial charge on any atom is -0.493 e. The van der Waals surface area contributed by atoms with Gasteiger partial charge in [0.05, 0.1) is 21.3 Å². The van der Waals surface area contributed by atoms with E-state index in [9.17, 15) is 0 Å². The molecule has 0 spiro atoms. The molecule has 1 heterocycles. The van der Waals surface area contributed by atoms with E-state index in [2.05, 4.69) is 15.3 Å². The van der Waals surface area contributed by atoms with E-state index in [1.54, 1.807) is 33.5 Å². The van der Waals surface area contributed by atoms with Crippen molar-refractivity contribution < 1.29 is 14.2 Å². The third-order valence-electron chi connectivity index (χ3n) is 2.96. The summed E-state index contributed by atoms with van der Waals surface area (Å²) in [6.45, 7) is 0.441. The maximum Gasteiger partial charge on any atom is 0.223 e. The Hall–Kier alpha value is -2.41. The quantitative estimate of drug-likeness (QED) is 0.788. The van der Waals surface area contributed by atoms with Crippen LogP contribution in [0.25, 0.3) is 0 Å². The van der Waals surface area contributed by atoms with Crippen molar-refractivity contribution in [3.63, 3.8) is 0 Å². The van der Waals surface area contributed by atoms with Crippen molar-refractivity contribution in [1.82, 2.24) is 9.97 Å². The van der Waals surface area contributed by atoms with Crippen LogP contribution in [0.2, 0.25) is 5.15 Å². The van der Waals surface area contributed by atoms with Crippen LogP contribution in [0.1, 0.15) is 5.56 Å². The summed E-state index contributed by atoms with van der Waals surface area (Å²) in [6.07, 6.45) is 0. The van der Waals surface area contributed by atoms with E-state index in [4.69, 9.17) is 31.5 Å². The van der Waals surface area contributed by atoms with E-state index in [1.165, 1.54) is 0 Å². The van der Waals surface area contributed by atoms with Gasteiger partial charge in [0.15, 0.2) is 11.5 Å². The first kappa shape index (κ1) is 16.0. The summed E-state index contributed by atoms with van der Waals surface area (Å²) < 4.78 is 16.0. The smallest absolute Gasteiger partial charge is 0.223 e. The zero-order valence-corrected chi connectivity index (χ0v) is 13.3. The van der Waals surface area contributed by atoms with E-state index in [0.717, 1.165) is 5.56 Å². The van der Waals surface area contributed by atoms with Gasteiger partial charge in [-0.25, -0.2) is 4.98 Å². The van der Waals surface area contributed by atoms with Crippen LogP contribution in [0.15, 0.2) is 18.2 Å². The molecule has 0 bridgehead atoms. The molecule has 2 aromatic rings. The van der Waals surface area contributed by atoms with Crippen molar-refractivity contribution in [3.05, 3.63) is 28.9 Å². The lowest BCUT2D eigenvalue weighted by Crippen LogP contribution is -2.06. The molecule has 0 saturated carbocycles. The third kappa shape index (κ3) is 3.43. The van der Waals surface area contributed by atoms with Crippen LogP contribution >= 0.6 is 11.6 Å². The molecule has 1 aromatic carbocycles. The molecule has 0 radical (unpaired) electrons. The van der Waals surface area contributed by atoms with Crippen molar-refractivity contribution in [3.8, 4) is 17.2 Å². The lowest BCUT2D eigenvalue weighted by atomic mass is 10.1. The summed E-state index contributed by atoms with van der Waals surface area (Å²) in [5.74, 6) is 2.34. The Labute approximate surface area is 133 Å². The average molecular weight is 325 g/mol. The largest absolute Gasteiger partial charge is 0.493 e. The Morgan fingerprint density at radius 2 is 1.82 bits per heavy atom. The number of benzene rings is 1. The minimum atomic E-state index is 0.106. The number of nitrogens with zero attached hydrogens (tertiary/aromatic N) is 2. The molecule has 118 valence electrons. The van der Waals surface area contributed by atoms with Crippen molar-refractivity contribution in [2.45, 2.75) is 6.54 Å². The number of ether oxygens (including phenoxy) is 3. The second-order valence-electron chi connectivity index (χ2n) is 4.28. The molecule has 3 N–H and O–H groups in total. The van der Waals surface area contributed by atoms with Crippen LogP contribution in [0, 0.1) is 0 Å². The molecule has 1 aromatic heterocycles. The summed E-state index contributed by atoms with van der Waals surface area (Å²) in [6, 6.07) is 5.27. The molecule has 0 aliphatic heterocycles. The van der Waals surface area contributed by atoms with Gasteiger partial charge in [-0.1, -0.05) is 11.6 Å². The minimum absolute atomic E-state index is 0.106. The molecule has 22 heavy (non-hydrogen) atoms. The molecule has 0 atom stereocenters. The molecule has 8 heteroatoms. The van der Waals surface area contributed by atoms with Crippen LogP contribution in [0.3, 0.4) is 0 Å². The first-order valence-corrected chi connectivity index (χ1v) is 6.78. The summed E-state index contributed by atoms with van der Waals surface area (Å²) in [5, 5.41) is 3.39. The number of nitrogens with two attached hydrogens (primary N) is 1. The Morgan fingerprint density at radius 1 is 1.09 bits per heavy atom. The molecule has 2 rings (SSSR count). The maximum atomic E-state index is 5.85. The number of halogens is 1. The molecule has 0 aliphatic rings. The lowest BCUT2D eigenvalue weighted by Gasteiger charge is -2.16. The Morgan fingerprint density at radius 3 is 2.41 bits per heavy atom. The fourth-order valence-corrected chi connectivity index (χ4v) is 2.20. The fraction of sp³-hybridized carbons (Fsp3) is 0.286. The molecule has 7 nitrogen and oxygen atoms in total. The van der Waals surface area contributed by atoms with Gasteiger partial charge >= 0.3 is 0 Å². The SMILES string of the molecule is COc1ccc(CNc2cc(Cl)nc(N)n2)c(OC)c1OC. The van der Waals surface area contributed by atoms with E-state index in [0.29, 0.717) is 29.6 Å². The van der Waals surface area contributed by atoms with Gasteiger partial charge in [0.2, 0.25) is 11.7 Å². The van der Waals surface area contributed by atoms with Crippen LogP contribution in [0.5, 0.6) is 17.2 Å². The number of hydrogen-bond donors (Lipinski definition) is 2. The Balaban J connectivity index is 2.25. The Kier molecular flexibility index (Phi) is 5.11. The van der Waals surface area contributed by atoms with Crippen molar-refractivity contribution >= 4 is 23.4 Å². The van der Waals surface area contributed by atoms with E-state index in [-0.39, 0.29) is 11.1 Å². The van der Waals surface area contributed by atoms with Crippen LogP contribution in [-0.2, 0) is 6.54 Å². The van der Waals surface area contributed by atoms with Gasteiger partial charge in [-0.2, -0.15) is 4.98 Å². The normalized spacial score (nSPS) is 10.2. The predicted octanol–water partition coefficient (Wildman–Crippen LogP) is 2.35. The number of nitrogens with one attached hydrogen (secondary N) is 1. The fourth-order valence-electron chi connectivity index (χ4n) is 2.01. The molecule has 0 amide bonds. The van der Waals surface area contributed by atoms with Crippen LogP contribution in [0.4, 0.5) is 11.8 Å². The second kappa shape index (κ2) is 7.04. The number of hydrogen-bond acceptors (Lipinski definition) is 7. The predicted molar refractivity (Wildman–Crippen MR) is 84.9 cm³/mol. The van der Waals surface area contributed by atoms with Gasteiger partial charge in [-0.3, -0.25) is 0 Å². The van der Waals surface area contributed by atoms with Crippen LogP contribution in [-0.4, -0.2) is 31.3 Å². The zero-order valence-electron chi connectivity index (χ0n) is 12.5. The average Bonchev–Trinajstić information content (AvgIpc) is 2.50. The number of aromatic nitrogens is 2. The number of anilines is 2. The highest BCUT2D eigenvalue weighted by molar-refractivity contribution is 6.29. The van der Waals surface area contributed by atoms with E-state index >= 15 is 0 Å². The standard InChI is InChI=1S/C14H17ClN4O3/c1-20-9-5-4-8(12(21-2)13(9)22-3)7-17-11-6-10(15)18-14(16)19-11/h4-6H,7H2,1-3H3,(H3,16,17,18,19). The molecule has 0 fully saturated rings. The maximum absolute atomic E-state index is 5.85. The summed E-state index contributed by atoms with van der Waals surface area (Å²) >= 11 is 5.85. The highest BCUT2D eigenvalue weighted by Gasteiger charge is 2.15. The van der Waals surface area contributed by atoms with Crippen LogP contribution < -0.4 is 25.3 Å². The van der Waals surface area contributed by atoms with Crippen molar-refractivity contribution in [1.29, 1.82) is 0 Å². The molecule has 0 saturated heterocycles. The van der Waals surface area contributed by atoms with Gasteiger partial charge in [-0.05, 0) is 12.1 Å². The number of rotatable bonds is 6. The van der Waals surface area contributed by atoms with E-state index in [1.807, 2.05) is 6.07 Å². The van der Waals surface area contributed by atoms with Gasteiger partial charge in [0.1, 0.15) is 11.0 Å². The highest BCUT2D eigenvalue weighted by atomic mass is 35.5. The van der Waals surface area contributed by atoms with Crippen molar-refractivity contribution in [2.24, 2.45) is 0 Å². The number of methoxy groups -OCH3 is 3. The molecule has 0 aliphatic carbocycles. The van der Waals surface area contributed by atoms with Gasteiger partial charge < -0.3 is 25.3 Å². The summed E-state index contributed by atoms with van der Waals surface area (Å²) in [4.78, 5) is 7.86. The number of nitrogen functional groups attached to an aromatic ring is 1. The van der Waals surface area contributed by atoms with Crippen molar-refractivity contribution in [2.75, 3.05) is 32.4 Å². The topological polar surface area (TPSA) is 91.5 Å². The van der Waals surface area contributed by atoms with Gasteiger partial charge in [-0.15, -0.1) is 0 Å². The zero-order chi connectivity index (χ0) is 16.1. The molecule has 0 unspecified atom stereocenters.